The molecule has 0 spiro atoms. The van der Waals surface area contributed by atoms with Gasteiger partial charge in [0.15, 0.2) is 0 Å². The highest BCUT2D eigenvalue weighted by Crippen LogP contribution is 2.23. The quantitative estimate of drug-likeness (QED) is 0.892. The molecule has 1 amide bonds. The number of anilines is 1. The summed E-state index contributed by atoms with van der Waals surface area (Å²) < 4.78 is 0. The van der Waals surface area contributed by atoms with Crippen molar-refractivity contribution in [2.24, 2.45) is 0 Å². The molecule has 1 aliphatic heterocycles. The van der Waals surface area contributed by atoms with Gasteiger partial charge in [0.2, 0.25) is 5.91 Å². The lowest BCUT2D eigenvalue weighted by Crippen LogP contribution is -2.41. The highest BCUT2D eigenvalue weighted by molar-refractivity contribution is 6.31. The fourth-order valence-electron chi connectivity index (χ4n) is 2.27. The Balaban J connectivity index is 2.02. The molecule has 2 rings (SSSR count). The number of benzene rings is 1. The number of hydrogen-bond acceptors (Lipinski definition) is 3. The molecule has 0 radical (unpaired) electrons. The maximum absolute atomic E-state index is 12.2. The lowest BCUT2D eigenvalue weighted by atomic mass is 10.2. The minimum Gasteiger partial charge on any atom is -0.392 e. The monoisotopic (exact) mass is 282 g/mol. The zero-order chi connectivity index (χ0) is 14.0. The molecule has 5 heteroatoms. The maximum Gasteiger partial charge on any atom is 0.241 e. The first-order chi connectivity index (χ1) is 8.99. The molecule has 0 aromatic heterocycles. The molecule has 104 valence electrons. The van der Waals surface area contributed by atoms with E-state index < -0.39 is 0 Å². The van der Waals surface area contributed by atoms with Crippen LogP contribution >= 0.6 is 11.6 Å². The van der Waals surface area contributed by atoms with Gasteiger partial charge in [-0.1, -0.05) is 17.7 Å². The molecule has 1 saturated heterocycles. The fraction of sp³-hybridized carbons (Fsp3) is 0.500. The van der Waals surface area contributed by atoms with Crippen molar-refractivity contribution in [2.75, 3.05) is 18.4 Å². The highest BCUT2D eigenvalue weighted by atomic mass is 35.5. The summed E-state index contributed by atoms with van der Waals surface area (Å²) in [5.74, 6) is -0.0699. The number of aliphatic hydroxyl groups excluding tert-OH is 1. The summed E-state index contributed by atoms with van der Waals surface area (Å²) in [5.41, 5.74) is 1.61. The molecule has 1 fully saturated rings. The molecule has 1 aromatic rings. The minimum absolute atomic E-state index is 0.0699. The van der Waals surface area contributed by atoms with Crippen LogP contribution in [0.2, 0.25) is 5.02 Å². The molecular weight excluding hydrogens is 264 g/mol. The summed E-state index contributed by atoms with van der Waals surface area (Å²) >= 11 is 6.03. The number of carbonyl (C=O) groups excluding carboxylic acids is 1. The average molecular weight is 283 g/mol. The Bertz CT molecular complexity index is 479. The Morgan fingerprint density at radius 1 is 1.58 bits per heavy atom. The smallest absolute Gasteiger partial charge is 0.241 e. The van der Waals surface area contributed by atoms with Crippen LogP contribution in [0.1, 0.15) is 18.9 Å². The first-order valence-electron chi connectivity index (χ1n) is 6.47. The molecule has 1 aliphatic rings. The van der Waals surface area contributed by atoms with E-state index in [4.69, 9.17) is 11.6 Å². The number of carbonyl (C=O) groups is 1. The summed E-state index contributed by atoms with van der Waals surface area (Å²) in [6.45, 7) is 5.04. The van der Waals surface area contributed by atoms with E-state index in [1.165, 1.54) is 0 Å². The largest absolute Gasteiger partial charge is 0.392 e. The van der Waals surface area contributed by atoms with Gasteiger partial charge in [-0.3, -0.25) is 9.69 Å². The van der Waals surface area contributed by atoms with Crippen molar-refractivity contribution in [3.05, 3.63) is 28.8 Å². The SMILES string of the molecule is Cc1c(Cl)cccc1NC(=O)C(C)N1CC[C@H](O)C1. The molecular formula is C14H19ClN2O2. The van der Waals surface area contributed by atoms with Crippen LogP contribution in [0, 0.1) is 6.92 Å². The molecule has 2 atom stereocenters. The molecule has 1 unspecified atom stereocenters. The predicted octanol–water partition coefficient (Wildman–Crippen LogP) is 2.04. The van der Waals surface area contributed by atoms with Crippen LogP contribution in [0.5, 0.6) is 0 Å². The number of rotatable bonds is 3. The van der Waals surface area contributed by atoms with Crippen molar-refractivity contribution in [1.82, 2.24) is 4.90 Å². The third-order valence-corrected chi connectivity index (χ3v) is 4.06. The molecule has 1 heterocycles. The summed E-state index contributed by atoms with van der Waals surface area (Å²) in [4.78, 5) is 14.2. The van der Waals surface area contributed by atoms with Crippen LogP contribution in [0.25, 0.3) is 0 Å². The van der Waals surface area contributed by atoms with E-state index in [9.17, 15) is 9.90 Å². The summed E-state index contributed by atoms with van der Waals surface area (Å²) in [5, 5.41) is 13.0. The third-order valence-electron chi connectivity index (χ3n) is 3.65. The van der Waals surface area contributed by atoms with E-state index in [2.05, 4.69) is 5.32 Å². The minimum atomic E-state index is -0.317. The van der Waals surface area contributed by atoms with Gasteiger partial charge in [-0.05, 0) is 38.0 Å². The maximum atomic E-state index is 12.2. The number of amides is 1. The van der Waals surface area contributed by atoms with Gasteiger partial charge in [-0.2, -0.15) is 0 Å². The summed E-state index contributed by atoms with van der Waals surface area (Å²) in [7, 11) is 0. The van der Waals surface area contributed by atoms with Crippen molar-refractivity contribution in [2.45, 2.75) is 32.4 Å². The zero-order valence-electron chi connectivity index (χ0n) is 11.2. The Kier molecular flexibility index (Phi) is 4.45. The topological polar surface area (TPSA) is 52.6 Å². The first kappa shape index (κ1) is 14.3. The van der Waals surface area contributed by atoms with Crippen LogP contribution in [0.4, 0.5) is 5.69 Å². The third kappa shape index (κ3) is 3.26. The Morgan fingerprint density at radius 2 is 2.32 bits per heavy atom. The van der Waals surface area contributed by atoms with Crippen LogP contribution < -0.4 is 5.32 Å². The molecule has 0 aliphatic carbocycles. The van der Waals surface area contributed by atoms with E-state index >= 15 is 0 Å². The van der Waals surface area contributed by atoms with Crippen LogP contribution in [-0.2, 0) is 4.79 Å². The van der Waals surface area contributed by atoms with Gasteiger partial charge in [-0.15, -0.1) is 0 Å². The fourth-order valence-corrected chi connectivity index (χ4v) is 2.44. The Labute approximate surface area is 118 Å². The van der Waals surface area contributed by atoms with E-state index in [1.54, 1.807) is 6.07 Å². The average Bonchev–Trinajstić information content (AvgIpc) is 2.80. The van der Waals surface area contributed by atoms with Gasteiger partial charge >= 0.3 is 0 Å². The normalized spacial score (nSPS) is 21.4. The van der Waals surface area contributed by atoms with Crippen molar-refractivity contribution in [3.63, 3.8) is 0 Å². The zero-order valence-corrected chi connectivity index (χ0v) is 11.9. The molecule has 0 bridgehead atoms. The summed E-state index contributed by atoms with van der Waals surface area (Å²) in [6, 6.07) is 5.20. The number of hydrogen-bond donors (Lipinski definition) is 2. The molecule has 4 nitrogen and oxygen atoms in total. The second-order valence-electron chi connectivity index (χ2n) is 5.02. The van der Waals surface area contributed by atoms with Crippen molar-refractivity contribution in [3.8, 4) is 0 Å². The van der Waals surface area contributed by atoms with Crippen molar-refractivity contribution >= 4 is 23.2 Å². The highest BCUT2D eigenvalue weighted by Gasteiger charge is 2.28. The first-order valence-corrected chi connectivity index (χ1v) is 6.85. The van der Waals surface area contributed by atoms with Crippen LogP contribution in [-0.4, -0.2) is 41.1 Å². The predicted molar refractivity (Wildman–Crippen MR) is 76.5 cm³/mol. The number of β-amino-alcohol motifs (C(OH)–C–C–N with tert-alkyl or cyclic N) is 1. The number of halogens is 1. The number of aliphatic hydroxyl groups is 1. The van der Waals surface area contributed by atoms with E-state index in [1.807, 2.05) is 30.9 Å². The van der Waals surface area contributed by atoms with Gasteiger partial charge in [0.25, 0.3) is 0 Å². The molecule has 1 aromatic carbocycles. The van der Waals surface area contributed by atoms with E-state index in [0.717, 1.165) is 24.2 Å². The van der Waals surface area contributed by atoms with Crippen LogP contribution in [0.15, 0.2) is 18.2 Å². The number of nitrogens with zero attached hydrogens (tertiary/aromatic N) is 1. The van der Waals surface area contributed by atoms with Crippen LogP contribution in [0.3, 0.4) is 0 Å². The summed E-state index contributed by atoms with van der Waals surface area (Å²) in [6.07, 6.45) is 0.413. The second kappa shape index (κ2) is 5.90. The molecule has 19 heavy (non-hydrogen) atoms. The molecule has 0 saturated carbocycles. The Hall–Kier alpha value is -1.10. The van der Waals surface area contributed by atoms with Gasteiger partial charge in [-0.25, -0.2) is 0 Å². The lowest BCUT2D eigenvalue weighted by molar-refractivity contribution is -0.120. The van der Waals surface area contributed by atoms with Crippen molar-refractivity contribution in [1.29, 1.82) is 0 Å². The second-order valence-corrected chi connectivity index (χ2v) is 5.42. The van der Waals surface area contributed by atoms with Gasteiger partial charge in [0, 0.05) is 23.8 Å². The van der Waals surface area contributed by atoms with Gasteiger partial charge < -0.3 is 10.4 Å². The number of nitrogens with one attached hydrogen (secondary N) is 1. The number of likely N-dealkylation sites (tertiary alicyclic amines) is 1. The van der Waals surface area contributed by atoms with Crippen molar-refractivity contribution < 1.29 is 9.90 Å². The lowest BCUT2D eigenvalue weighted by Gasteiger charge is -2.23. The van der Waals surface area contributed by atoms with E-state index in [-0.39, 0.29) is 18.1 Å². The van der Waals surface area contributed by atoms with Gasteiger partial charge in [0.1, 0.15) is 0 Å². The Morgan fingerprint density at radius 3 is 2.95 bits per heavy atom. The van der Waals surface area contributed by atoms with E-state index in [0.29, 0.717) is 11.6 Å². The molecule has 2 N–H and O–H groups in total. The standard InChI is InChI=1S/C14H19ClN2O2/c1-9-12(15)4-3-5-13(9)16-14(19)10(2)17-7-6-11(18)8-17/h3-5,10-11,18H,6-8H2,1-2H3,(H,16,19)/t10?,11-/m0/s1. The van der Waals surface area contributed by atoms with Gasteiger partial charge in [0.05, 0.1) is 12.1 Å².